The van der Waals surface area contributed by atoms with Crippen LogP contribution in [-0.4, -0.2) is 25.5 Å². The molecule has 0 aliphatic rings. The van der Waals surface area contributed by atoms with Crippen LogP contribution in [0.5, 0.6) is 0 Å². The number of rotatable bonds is 5. The lowest BCUT2D eigenvalue weighted by Gasteiger charge is -2.17. The van der Waals surface area contributed by atoms with Gasteiger partial charge in [-0.25, -0.2) is 26.3 Å². The van der Waals surface area contributed by atoms with Gasteiger partial charge in [0, 0.05) is 17.0 Å². The molecule has 1 rings (SSSR count). The molecule has 0 unspecified atom stereocenters. The van der Waals surface area contributed by atoms with E-state index in [2.05, 4.69) is 4.72 Å². The van der Waals surface area contributed by atoms with E-state index in [1.807, 2.05) is 20.8 Å². The smallest absolute Gasteiger partial charge is 0.210 e. The summed E-state index contributed by atoms with van der Waals surface area (Å²) in [5.74, 6) is -4.45. The van der Waals surface area contributed by atoms with Crippen molar-refractivity contribution in [3.63, 3.8) is 0 Å². The van der Waals surface area contributed by atoms with E-state index < -0.39 is 32.4 Å². The zero-order valence-corrected chi connectivity index (χ0v) is 13.0. The summed E-state index contributed by atoms with van der Waals surface area (Å²) in [6, 6.07) is 1.28. The molecule has 0 fully saturated rings. The van der Waals surface area contributed by atoms with E-state index in [1.165, 1.54) is 11.8 Å². The first-order valence-electron chi connectivity index (χ1n) is 5.82. The monoisotopic (exact) mass is 327 g/mol. The molecular weight excluding hydrogens is 311 g/mol. The summed E-state index contributed by atoms with van der Waals surface area (Å²) in [7, 11) is -4.19. The van der Waals surface area contributed by atoms with Gasteiger partial charge in [0.1, 0.15) is 4.90 Å². The maximum atomic E-state index is 13.4. The molecule has 1 aromatic carbocycles. The molecule has 114 valence electrons. The van der Waals surface area contributed by atoms with Gasteiger partial charge >= 0.3 is 0 Å². The van der Waals surface area contributed by atoms with Gasteiger partial charge in [0.25, 0.3) is 0 Å². The summed E-state index contributed by atoms with van der Waals surface area (Å²) < 4.78 is 64.9. The third kappa shape index (κ3) is 4.68. The topological polar surface area (TPSA) is 46.2 Å². The number of halogens is 3. The molecule has 0 spiro atoms. The van der Waals surface area contributed by atoms with Gasteiger partial charge in [-0.2, -0.15) is 11.8 Å². The molecule has 0 aliphatic carbocycles. The third-order valence-electron chi connectivity index (χ3n) is 2.22. The van der Waals surface area contributed by atoms with E-state index in [0.717, 1.165) is 0 Å². The minimum absolute atomic E-state index is 0.0291. The summed E-state index contributed by atoms with van der Waals surface area (Å²) in [4.78, 5) is -0.892. The second-order valence-corrected chi connectivity index (χ2v) is 8.69. The molecule has 1 aromatic rings. The number of benzene rings is 1. The minimum atomic E-state index is -4.19. The third-order valence-corrected chi connectivity index (χ3v) is 4.97. The number of hydrogen-bond donors (Lipinski definition) is 1. The van der Waals surface area contributed by atoms with Crippen molar-refractivity contribution >= 4 is 21.8 Å². The fraction of sp³-hybridized carbons (Fsp3) is 0.500. The van der Waals surface area contributed by atoms with Crippen LogP contribution >= 0.6 is 11.8 Å². The van der Waals surface area contributed by atoms with Crippen molar-refractivity contribution in [1.82, 2.24) is 4.72 Å². The quantitative estimate of drug-likeness (QED) is 0.668. The summed E-state index contributed by atoms with van der Waals surface area (Å²) in [5, 5.41) is 0. The van der Waals surface area contributed by atoms with Gasteiger partial charge in [-0.15, -0.1) is 0 Å². The van der Waals surface area contributed by atoms with Crippen molar-refractivity contribution < 1.29 is 21.6 Å². The lowest BCUT2D eigenvalue weighted by Crippen LogP contribution is -2.28. The largest absolute Gasteiger partial charge is 0.243 e. The van der Waals surface area contributed by atoms with Gasteiger partial charge in [0.15, 0.2) is 17.5 Å². The van der Waals surface area contributed by atoms with Crippen LogP contribution in [0, 0.1) is 17.5 Å². The summed E-state index contributed by atoms with van der Waals surface area (Å²) >= 11 is 1.52. The lowest BCUT2D eigenvalue weighted by molar-refractivity contribution is 0.431. The fourth-order valence-electron chi connectivity index (χ4n) is 1.33. The van der Waals surface area contributed by atoms with Gasteiger partial charge in [-0.3, -0.25) is 0 Å². The Kier molecular flexibility index (Phi) is 5.51. The fourth-order valence-corrected chi connectivity index (χ4v) is 3.37. The predicted molar refractivity (Wildman–Crippen MR) is 73.7 cm³/mol. The zero-order chi connectivity index (χ0) is 15.6. The van der Waals surface area contributed by atoms with E-state index in [4.69, 9.17) is 0 Å². The number of thioether (sulfide) groups is 1. The van der Waals surface area contributed by atoms with Gasteiger partial charge in [0.05, 0.1) is 0 Å². The van der Waals surface area contributed by atoms with Crippen molar-refractivity contribution in [3.05, 3.63) is 29.6 Å². The number of sulfonamides is 1. The zero-order valence-electron chi connectivity index (χ0n) is 11.3. The normalized spacial score (nSPS) is 12.7. The highest BCUT2D eigenvalue weighted by atomic mass is 32.2. The SMILES string of the molecule is CC(C)(C)SCCNS(=O)(=O)c1ccc(F)c(F)c1F. The average Bonchev–Trinajstić information content (AvgIpc) is 2.30. The Morgan fingerprint density at radius 1 is 1.15 bits per heavy atom. The minimum Gasteiger partial charge on any atom is -0.210 e. The van der Waals surface area contributed by atoms with Crippen LogP contribution in [0.25, 0.3) is 0 Å². The predicted octanol–water partition coefficient (Wildman–Crippen LogP) is 2.91. The number of hydrogen-bond acceptors (Lipinski definition) is 3. The molecule has 8 heteroatoms. The van der Waals surface area contributed by atoms with Crippen molar-refractivity contribution in [2.75, 3.05) is 12.3 Å². The van der Waals surface area contributed by atoms with Gasteiger partial charge in [-0.05, 0) is 12.1 Å². The van der Waals surface area contributed by atoms with E-state index >= 15 is 0 Å². The number of nitrogens with one attached hydrogen (secondary N) is 1. The van der Waals surface area contributed by atoms with Crippen LogP contribution in [-0.2, 0) is 10.0 Å². The Morgan fingerprint density at radius 2 is 1.75 bits per heavy atom. The lowest BCUT2D eigenvalue weighted by atomic mass is 10.3. The van der Waals surface area contributed by atoms with E-state index in [0.29, 0.717) is 17.9 Å². The molecule has 1 N–H and O–H groups in total. The van der Waals surface area contributed by atoms with Crippen LogP contribution in [0.2, 0.25) is 0 Å². The molecule has 0 amide bonds. The van der Waals surface area contributed by atoms with Crippen molar-refractivity contribution in [1.29, 1.82) is 0 Å². The summed E-state index contributed by atoms with van der Waals surface area (Å²) in [6.45, 7) is 5.99. The van der Waals surface area contributed by atoms with Crippen molar-refractivity contribution in [3.8, 4) is 0 Å². The van der Waals surface area contributed by atoms with Crippen molar-refractivity contribution in [2.45, 2.75) is 30.4 Å². The maximum Gasteiger partial charge on any atom is 0.243 e. The molecule has 0 radical (unpaired) electrons. The van der Waals surface area contributed by atoms with Crippen LogP contribution in [0.3, 0.4) is 0 Å². The Bertz CT molecular complexity index is 583. The highest BCUT2D eigenvalue weighted by Crippen LogP contribution is 2.23. The standard InChI is InChI=1S/C12H16F3NO2S2/c1-12(2,3)19-7-6-16-20(17,18)9-5-4-8(13)10(14)11(9)15/h4-5,16H,6-7H2,1-3H3. The molecule has 0 saturated heterocycles. The molecule has 0 bridgehead atoms. The van der Waals surface area contributed by atoms with Crippen molar-refractivity contribution in [2.24, 2.45) is 0 Å². The Labute approximate surface area is 121 Å². The maximum absolute atomic E-state index is 13.4. The Balaban J connectivity index is 2.78. The highest BCUT2D eigenvalue weighted by molar-refractivity contribution is 8.00. The molecule has 0 heterocycles. The first kappa shape index (κ1) is 17.3. The first-order valence-corrected chi connectivity index (χ1v) is 8.28. The van der Waals surface area contributed by atoms with E-state index in [9.17, 15) is 21.6 Å². The summed E-state index contributed by atoms with van der Waals surface area (Å²) in [5.41, 5.74) is 0. The van der Waals surface area contributed by atoms with E-state index in [-0.39, 0.29) is 11.3 Å². The highest BCUT2D eigenvalue weighted by Gasteiger charge is 2.23. The van der Waals surface area contributed by atoms with Crippen LogP contribution < -0.4 is 4.72 Å². The molecule has 0 atom stereocenters. The second-order valence-electron chi connectivity index (χ2n) is 5.03. The molecule has 3 nitrogen and oxygen atoms in total. The molecule has 0 saturated carbocycles. The van der Waals surface area contributed by atoms with Gasteiger partial charge < -0.3 is 0 Å². The molecule has 0 aliphatic heterocycles. The average molecular weight is 327 g/mol. The molecule has 0 aromatic heterocycles. The van der Waals surface area contributed by atoms with Crippen LogP contribution in [0.4, 0.5) is 13.2 Å². The molecular formula is C12H16F3NO2S2. The molecule has 20 heavy (non-hydrogen) atoms. The second kappa shape index (κ2) is 6.36. The van der Waals surface area contributed by atoms with Crippen LogP contribution in [0.15, 0.2) is 17.0 Å². The Morgan fingerprint density at radius 3 is 2.30 bits per heavy atom. The Hall–Kier alpha value is -0.730. The first-order chi connectivity index (χ1) is 9.04. The summed E-state index contributed by atoms with van der Waals surface area (Å²) in [6.07, 6.45) is 0. The van der Waals surface area contributed by atoms with Gasteiger partial charge in [-0.1, -0.05) is 20.8 Å². The van der Waals surface area contributed by atoms with Gasteiger partial charge in [0.2, 0.25) is 10.0 Å². The van der Waals surface area contributed by atoms with E-state index in [1.54, 1.807) is 0 Å². The van der Waals surface area contributed by atoms with Crippen LogP contribution in [0.1, 0.15) is 20.8 Å².